The number of halogens is 2. The molecule has 0 heterocycles. The van der Waals surface area contributed by atoms with Crippen LogP contribution >= 0.6 is 23.2 Å². The van der Waals surface area contributed by atoms with E-state index in [4.69, 9.17) is 33.0 Å². The number of benzene rings is 2. The fraction of sp³-hybridized carbons (Fsp3) is 0. The smallest absolute Gasteiger partial charge is 0.343 e. The number of nitro groups is 1. The maximum atomic E-state index is 12.1. The summed E-state index contributed by atoms with van der Waals surface area (Å²) in [6, 6.07) is 6.80. The average molecular weight is 356 g/mol. The molecule has 0 radical (unpaired) electrons. The van der Waals surface area contributed by atoms with Crippen LogP contribution in [0.3, 0.4) is 0 Å². The number of hydrogen-bond acceptors (Lipinski definition) is 5. The van der Waals surface area contributed by atoms with E-state index in [0.29, 0.717) is 0 Å². The molecule has 0 aromatic heterocycles. The zero-order valence-corrected chi connectivity index (χ0v) is 12.7. The molecule has 0 bridgehead atoms. The molecule has 0 fully saturated rings. The number of carboxylic acid groups (broad SMARTS) is 1. The van der Waals surface area contributed by atoms with Gasteiger partial charge in [-0.1, -0.05) is 23.2 Å². The molecule has 0 spiro atoms. The van der Waals surface area contributed by atoms with Gasteiger partial charge in [0.15, 0.2) is 0 Å². The molecular weight excluding hydrogens is 349 g/mol. The molecule has 0 saturated carbocycles. The van der Waals surface area contributed by atoms with Gasteiger partial charge in [0.1, 0.15) is 0 Å². The number of nitrogens with zero attached hydrogens (tertiary/aromatic N) is 1. The summed E-state index contributed by atoms with van der Waals surface area (Å²) in [5.41, 5.74) is -0.837. The molecule has 0 amide bonds. The van der Waals surface area contributed by atoms with Gasteiger partial charge in [-0.3, -0.25) is 10.1 Å². The lowest BCUT2D eigenvalue weighted by Gasteiger charge is -2.07. The summed E-state index contributed by atoms with van der Waals surface area (Å²) in [5.74, 6) is -2.76. The minimum atomic E-state index is -1.32. The van der Waals surface area contributed by atoms with Gasteiger partial charge in [0.05, 0.1) is 16.1 Å². The molecule has 9 heteroatoms. The fourth-order valence-corrected chi connectivity index (χ4v) is 2.24. The zero-order valence-electron chi connectivity index (χ0n) is 11.2. The standard InChI is InChI=1S/C14H7Cl2NO6/c15-9-3-8(4-10(16)6-9)14(20)23-12-5-7(13(18)19)1-2-11(12)17(21)22/h1-6H,(H,18,19). The molecule has 2 rings (SSSR count). The van der Waals surface area contributed by atoms with E-state index in [9.17, 15) is 19.7 Å². The van der Waals surface area contributed by atoms with Crippen LogP contribution in [0.15, 0.2) is 36.4 Å². The van der Waals surface area contributed by atoms with Crippen molar-refractivity contribution in [3.63, 3.8) is 0 Å². The van der Waals surface area contributed by atoms with Crippen molar-refractivity contribution >= 4 is 40.8 Å². The van der Waals surface area contributed by atoms with Crippen molar-refractivity contribution in [3.05, 3.63) is 67.7 Å². The molecule has 7 nitrogen and oxygen atoms in total. The van der Waals surface area contributed by atoms with Crippen molar-refractivity contribution in [1.82, 2.24) is 0 Å². The highest BCUT2D eigenvalue weighted by atomic mass is 35.5. The van der Waals surface area contributed by atoms with E-state index in [2.05, 4.69) is 0 Å². The maximum absolute atomic E-state index is 12.1. The third kappa shape index (κ3) is 3.97. The minimum Gasteiger partial charge on any atom is -0.478 e. The highest BCUT2D eigenvalue weighted by molar-refractivity contribution is 6.35. The van der Waals surface area contributed by atoms with Crippen molar-refractivity contribution in [2.75, 3.05) is 0 Å². The first-order valence-electron chi connectivity index (χ1n) is 5.98. The Morgan fingerprint density at radius 1 is 1.04 bits per heavy atom. The van der Waals surface area contributed by atoms with E-state index in [1.807, 2.05) is 0 Å². The van der Waals surface area contributed by atoms with Gasteiger partial charge < -0.3 is 9.84 Å². The normalized spacial score (nSPS) is 10.2. The maximum Gasteiger partial charge on any atom is 0.343 e. The van der Waals surface area contributed by atoms with Gasteiger partial charge >= 0.3 is 17.6 Å². The van der Waals surface area contributed by atoms with Gasteiger partial charge in [0, 0.05) is 22.2 Å². The SMILES string of the molecule is O=C(O)c1ccc([N+](=O)[O-])c(OC(=O)c2cc(Cl)cc(Cl)c2)c1. The van der Waals surface area contributed by atoms with Gasteiger partial charge in [-0.25, -0.2) is 9.59 Å². The summed E-state index contributed by atoms with van der Waals surface area (Å²) in [4.78, 5) is 33.2. The van der Waals surface area contributed by atoms with Gasteiger partial charge in [-0.05, 0) is 24.3 Å². The topological polar surface area (TPSA) is 107 Å². The number of rotatable bonds is 4. The molecule has 0 atom stereocenters. The van der Waals surface area contributed by atoms with E-state index in [-0.39, 0.29) is 21.2 Å². The van der Waals surface area contributed by atoms with Crippen LogP contribution < -0.4 is 4.74 Å². The van der Waals surface area contributed by atoms with E-state index >= 15 is 0 Å². The Labute approximate surface area is 139 Å². The van der Waals surface area contributed by atoms with Gasteiger partial charge in [-0.15, -0.1) is 0 Å². The summed E-state index contributed by atoms with van der Waals surface area (Å²) in [5, 5.41) is 20.2. The Bertz CT molecular complexity index is 801. The second-order valence-corrected chi connectivity index (χ2v) is 5.17. The molecule has 1 N–H and O–H groups in total. The van der Waals surface area contributed by atoms with Crippen molar-refractivity contribution in [2.24, 2.45) is 0 Å². The number of ether oxygens (including phenoxy) is 1. The third-order valence-corrected chi connectivity index (χ3v) is 3.14. The Kier molecular flexibility index (Phi) is 4.83. The van der Waals surface area contributed by atoms with Crippen molar-refractivity contribution in [3.8, 4) is 5.75 Å². The van der Waals surface area contributed by atoms with Crippen LogP contribution in [-0.4, -0.2) is 22.0 Å². The fourth-order valence-electron chi connectivity index (χ4n) is 1.71. The van der Waals surface area contributed by atoms with Crippen molar-refractivity contribution in [2.45, 2.75) is 0 Å². The second-order valence-electron chi connectivity index (χ2n) is 4.29. The molecule has 0 saturated heterocycles. The Hall–Kier alpha value is -2.64. The number of carboxylic acids is 1. The molecule has 118 valence electrons. The monoisotopic (exact) mass is 355 g/mol. The number of esters is 1. The van der Waals surface area contributed by atoms with Crippen LogP contribution in [0, 0.1) is 10.1 Å². The molecule has 2 aromatic rings. The highest BCUT2D eigenvalue weighted by Gasteiger charge is 2.21. The molecule has 0 unspecified atom stereocenters. The first kappa shape index (κ1) is 16.7. The number of carbonyl (C=O) groups excluding carboxylic acids is 1. The Morgan fingerprint density at radius 2 is 1.65 bits per heavy atom. The first-order valence-corrected chi connectivity index (χ1v) is 6.73. The molecular formula is C14H7Cl2NO6. The van der Waals surface area contributed by atoms with Crippen molar-refractivity contribution in [1.29, 1.82) is 0 Å². The molecule has 2 aromatic carbocycles. The first-order chi connectivity index (χ1) is 10.8. The lowest BCUT2D eigenvalue weighted by atomic mass is 10.2. The van der Waals surface area contributed by atoms with Gasteiger partial charge in [0.25, 0.3) is 0 Å². The summed E-state index contributed by atoms with van der Waals surface area (Å²) < 4.78 is 4.93. The van der Waals surface area contributed by atoms with Crippen LogP contribution in [-0.2, 0) is 0 Å². The molecule has 0 aliphatic heterocycles. The van der Waals surface area contributed by atoms with Crippen LogP contribution in [0.4, 0.5) is 5.69 Å². The van der Waals surface area contributed by atoms with Crippen LogP contribution in [0.25, 0.3) is 0 Å². The van der Waals surface area contributed by atoms with Crippen LogP contribution in [0.1, 0.15) is 20.7 Å². The summed E-state index contributed by atoms with van der Waals surface area (Å²) >= 11 is 11.5. The predicted octanol–water partition coefficient (Wildman–Crippen LogP) is 3.82. The van der Waals surface area contributed by atoms with E-state index < -0.39 is 28.3 Å². The predicted molar refractivity (Wildman–Crippen MR) is 81.5 cm³/mol. The quantitative estimate of drug-likeness (QED) is 0.386. The average Bonchev–Trinajstić information content (AvgIpc) is 2.45. The summed E-state index contributed by atoms with van der Waals surface area (Å²) in [7, 11) is 0. The molecule has 23 heavy (non-hydrogen) atoms. The largest absolute Gasteiger partial charge is 0.478 e. The van der Waals surface area contributed by atoms with E-state index in [1.165, 1.54) is 18.2 Å². The van der Waals surface area contributed by atoms with Crippen molar-refractivity contribution < 1.29 is 24.4 Å². The van der Waals surface area contributed by atoms with E-state index in [1.54, 1.807) is 0 Å². The number of aromatic carboxylic acids is 1. The number of carbonyl (C=O) groups is 2. The Morgan fingerprint density at radius 3 is 2.17 bits per heavy atom. The summed E-state index contributed by atoms with van der Waals surface area (Å²) in [6.45, 7) is 0. The number of nitro benzene ring substituents is 1. The molecule has 0 aliphatic carbocycles. The lowest BCUT2D eigenvalue weighted by molar-refractivity contribution is -0.385. The number of hydrogen-bond donors (Lipinski definition) is 1. The lowest BCUT2D eigenvalue weighted by Crippen LogP contribution is -2.10. The van der Waals surface area contributed by atoms with Gasteiger partial charge in [-0.2, -0.15) is 0 Å². The zero-order chi connectivity index (χ0) is 17.1. The summed E-state index contributed by atoms with van der Waals surface area (Å²) in [6.07, 6.45) is 0. The van der Waals surface area contributed by atoms with E-state index in [0.717, 1.165) is 18.2 Å². The highest BCUT2D eigenvalue weighted by Crippen LogP contribution is 2.29. The van der Waals surface area contributed by atoms with Crippen LogP contribution in [0.5, 0.6) is 5.75 Å². The van der Waals surface area contributed by atoms with Crippen LogP contribution in [0.2, 0.25) is 10.0 Å². The second kappa shape index (κ2) is 6.64. The molecule has 0 aliphatic rings. The Balaban J connectivity index is 2.41. The minimum absolute atomic E-state index is 0.0301. The van der Waals surface area contributed by atoms with Gasteiger partial charge in [0.2, 0.25) is 5.75 Å². The third-order valence-electron chi connectivity index (χ3n) is 2.70.